The second-order valence-electron chi connectivity index (χ2n) is 4.30. The number of thioether (sulfide) groups is 1. The summed E-state index contributed by atoms with van der Waals surface area (Å²) in [6, 6.07) is 0. The lowest BCUT2D eigenvalue weighted by Crippen LogP contribution is -2.34. The molecule has 2 heterocycles. The van der Waals surface area contributed by atoms with Crippen LogP contribution in [0.1, 0.15) is 33.1 Å². The van der Waals surface area contributed by atoms with E-state index in [0.717, 1.165) is 5.37 Å². The van der Waals surface area contributed by atoms with Crippen molar-refractivity contribution in [1.82, 2.24) is 4.90 Å². The van der Waals surface area contributed by atoms with E-state index in [1.54, 1.807) is 0 Å². The summed E-state index contributed by atoms with van der Waals surface area (Å²) in [5, 5.41) is 0.860. The van der Waals surface area contributed by atoms with Crippen molar-refractivity contribution >= 4 is 11.8 Å². The van der Waals surface area contributed by atoms with E-state index < -0.39 is 0 Å². The Morgan fingerprint density at radius 1 is 1.36 bits per heavy atom. The molecular formula is C9H17NS. The Balaban J connectivity index is 2.03. The molecule has 2 aliphatic heterocycles. The number of fused-ring (bicyclic) bond motifs is 1. The number of nitrogens with zero attached hydrogens (tertiary/aromatic N) is 1. The molecule has 0 aliphatic carbocycles. The molecule has 0 spiro atoms. The fraction of sp³-hybridized carbons (Fsp3) is 1.00. The van der Waals surface area contributed by atoms with E-state index in [9.17, 15) is 0 Å². The summed E-state index contributed by atoms with van der Waals surface area (Å²) in [5.41, 5.74) is 0. The van der Waals surface area contributed by atoms with Crippen LogP contribution in [0.2, 0.25) is 0 Å². The fourth-order valence-electron chi connectivity index (χ4n) is 2.17. The van der Waals surface area contributed by atoms with Gasteiger partial charge in [-0.05, 0) is 39.7 Å². The van der Waals surface area contributed by atoms with Crippen molar-refractivity contribution in [2.75, 3.05) is 13.1 Å². The third kappa shape index (κ3) is 1.57. The lowest BCUT2D eigenvalue weighted by atomic mass is 10.1. The first-order valence-corrected chi connectivity index (χ1v) is 5.47. The number of hydrogen-bond donors (Lipinski definition) is 0. The Labute approximate surface area is 73.5 Å². The summed E-state index contributed by atoms with van der Waals surface area (Å²) >= 11 is 2.18. The van der Waals surface area contributed by atoms with Crippen LogP contribution in [0.25, 0.3) is 0 Å². The van der Waals surface area contributed by atoms with Gasteiger partial charge in [0.25, 0.3) is 0 Å². The average molecular weight is 171 g/mol. The summed E-state index contributed by atoms with van der Waals surface area (Å²) in [7, 11) is 0. The van der Waals surface area contributed by atoms with Gasteiger partial charge in [0.15, 0.2) is 0 Å². The lowest BCUT2D eigenvalue weighted by molar-refractivity contribution is 0.215. The van der Waals surface area contributed by atoms with Crippen LogP contribution in [-0.4, -0.2) is 28.1 Å². The van der Waals surface area contributed by atoms with Gasteiger partial charge in [-0.15, -0.1) is 11.8 Å². The van der Waals surface area contributed by atoms with Gasteiger partial charge in [-0.2, -0.15) is 0 Å². The van der Waals surface area contributed by atoms with Crippen molar-refractivity contribution in [1.29, 1.82) is 0 Å². The van der Waals surface area contributed by atoms with Crippen molar-refractivity contribution in [3.05, 3.63) is 0 Å². The maximum absolute atomic E-state index is 2.66. The molecule has 2 aliphatic rings. The van der Waals surface area contributed by atoms with Crippen LogP contribution >= 0.6 is 11.8 Å². The molecule has 0 aromatic rings. The van der Waals surface area contributed by atoms with Crippen molar-refractivity contribution in [3.63, 3.8) is 0 Å². The lowest BCUT2D eigenvalue weighted by Gasteiger charge is -2.27. The fourth-order valence-corrected chi connectivity index (χ4v) is 3.76. The van der Waals surface area contributed by atoms with E-state index in [1.807, 2.05) is 0 Å². The Bertz CT molecular complexity index is 140. The first-order valence-electron chi connectivity index (χ1n) is 4.59. The van der Waals surface area contributed by atoms with Crippen molar-refractivity contribution in [2.24, 2.45) is 0 Å². The first kappa shape index (κ1) is 7.93. The number of hydrogen-bond acceptors (Lipinski definition) is 2. The molecule has 64 valence electrons. The number of piperidine rings is 1. The van der Waals surface area contributed by atoms with Gasteiger partial charge in [0.05, 0.1) is 5.37 Å². The Morgan fingerprint density at radius 2 is 2.18 bits per heavy atom. The van der Waals surface area contributed by atoms with Gasteiger partial charge in [0.2, 0.25) is 0 Å². The zero-order chi connectivity index (χ0) is 7.90. The normalized spacial score (nSPS) is 37.1. The van der Waals surface area contributed by atoms with Crippen molar-refractivity contribution < 1.29 is 0 Å². The second-order valence-corrected chi connectivity index (χ2v) is 6.18. The minimum absolute atomic E-state index is 0.523. The Morgan fingerprint density at radius 3 is 2.91 bits per heavy atom. The maximum Gasteiger partial charge on any atom is 0.0563 e. The van der Waals surface area contributed by atoms with Gasteiger partial charge < -0.3 is 0 Å². The molecule has 0 amide bonds. The zero-order valence-corrected chi connectivity index (χ0v) is 8.28. The first-order chi connectivity index (χ1) is 5.17. The highest BCUT2D eigenvalue weighted by Gasteiger charge is 2.38. The standard InChI is InChI=1S/C9H17NS/c1-9(2)7-10-6-4-3-5-8(10)11-9/h8H,3-7H2,1-2H3. The molecule has 0 aromatic heterocycles. The molecular weight excluding hydrogens is 154 g/mol. The van der Waals surface area contributed by atoms with Crippen molar-refractivity contribution in [3.8, 4) is 0 Å². The molecule has 2 fully saturated rings. The summed E-state index contributed by atoms with van der Waals surface area (Å²) in [6.45, 7) is 7.40. The highest BCUT2D eigenvalue weighted by molar-refractivity contribution is 8.01. The molecule has 2 saturated heterocycles. The molecule has 0 aromatic carbocycles. The second kappa shape index (κ2) is 2.67. The third-order valence-corrected chi connectivity index (χ3v) is 4.17. The molecule has 2 heteroatoms. The molecule has 0 radical (unpaired) electrons. The molecule has 0 N–H and O–H groups in total. The van der Waals surface area contributed by atoms with E-state index in [4.69, 9.17) is 0 Å². The minimum atomic E-state index is 0.523. The van der Waals surface area contributed by atoms with Gasteiger partial charge in [-0.1, -0.05) is 0 Å². The van der Waals surface area contributed by atoms with Crippen LogP contribution in [0, 0.1) is 0 Å². The minimum Gasteiger partial charge on any atom is -0.290 e. The summed E-state index contributed by atoms with van der Waals surface area (Å²) in [5.74, 6) is 0. The predicted octanol–water partition coefficient (Wildman–Crippen LogP) is 2.32. The maximum atomic E-state index is 2.66. The monoisotopic (exact) mass is 171 g/mol. The molecule has 1 nitrogen and oxygen atoms in total. The van der Waals surface area contributed by atoms with Crippen molar-refractivity contribution in [2.45, 2.75) is 43.2 Å². The van der Waals surface area contributed by atoms with E-state index in [0.29, 0.717) is 4.75 Å². The Kier molecular flexibility index (Phi) is 1.92. The van der Waals surface area contributed by atoms with Crippen LogP contribution in [0.5, 0.6) is 0 Å². The average Bonchev–Trinajstić information content (AvgIpc) is 2.21. The molecule has 11 heavy (non-hydrogen) atoms. The van der Waals surface area contributed by atoms with Gasteiger partial charge in [-0.3, -0.25) is 4.90 Å². The predicted molar refractivity (Wildman–Crippen MR) is 50.9 cm³/mol. The highest BCUT2D eigenvalue weighted by atomic mass is 32.2. The van der Waals surface area contributed by atoms with Crippen LogP contribution in [0.3, 0.4) is 0 Å². The summed E-state index contributed by atoms with van der Waals surface area (Å²) in [6.07, 6.45) is 4.30. The van der Waals surface area contributed by atoms with Crippen LogP contribution < -0.4 is 0 Å². The van der Waals surface area contributed by atoms with Gasteiger partial charge in [-0.25, -0.2) is 0 Å². The van der Waals surface area contributed by atoms with Gasteiger partial charge >= 0.3 is 0 Å². The molecule has 1 unspecified atom stereocenters. The molecule has 0 bridgehead atoms. The molecule has 1 atom stereocenters. The third-order valence-electron chi connectivity index (χ3n) is 2.59. The SMILES string of the molecule is CC1(C)CN2CCCCC2S1. The van der Waals surface area contributed by atoms with Crippen LogP contribution in [0.15, 0.2) is 0 Å². The van der Waals surface area contributed by atoms with Crippen LogP contribution in [-0.2, 0) is 0 Å². The Hall–Kier alpha value is 0.310. The quantitative estimate of drug-likeness (QED) is 0.550. The van der Waals surface area contributed by atoms with Crippen LogP contribution in [0.4, 0.5) is 0 Å². The highest BCUT2D eigenvalue weighted by Crippen LogP contribution is 2.42. The zero-order valence-electron chi connectivity index (χ0n) is 7.47. The van der Waals surface area contributed by atoms with E-state index in [1.165, 1.54) is 32.4 Å². The molecule has 0 saturated carbocycles. The number of rotatable bonds is 0. The molecule has 2 rings (SSSR count). The smallest absolute Gasteiger partial charge is 0.0563 e. The topological polar surface area (TPSA) is 3.24 Å². The van der Waals surface area contributed by atoms with E-state index >= 15 is 0 Å². The van der Waals surface area contributed by atoms with E-state index in [2.05, 4.69) is 30.5 Å². The largest absolute Gasteiger partial charge is 0.290 e. The van der Waals surface area contributed by atoms with E-state index in [-0.39, 0.29) is 0 Å². The summed E-state index contributed by atoms with van der Waals surface area (Å²) < 4.78 is 0.523. The van der Waals surface area contributed by atoms with Gasteiger partial charge in [0.1, 0.15) is 0 Å². The summed E-state index contributed by atoms with van der Waals surface area (Å²) in [4.78, 5) is 2.66. The van der Waals surface area contributed by atoms with Gasteiger partial charge in [0, 0.05) is 11.3 Å².